The van der Waals surface area contributed by atoms with Crippen molar-refractivity contribution in [2.45, 2.75) is 26.1 Å². The van der Waals surface area contributed by atoms with Gasteiger partial charge in [-0.25, -0.2) is 0 Å². The minimum atomic E-state index is -4.46. The molecule has 0 aromatic heterocycles. The SMILES string of the molecule is Cc1cccc(OC(C)C(=O)Nc2ccccc2OCC(F)(F)F)c1. The van der Waals surface area contributed by atoms with Gasteiger partial charge in [-0.2, -0.15) is 13.2 Å². The predicted molar refractivity (Wildman–Crippen MR) is 87.9 cm³/mol. The largest absolute Gasteiger partial charge is 0.482 e. The molecule has 0 heterocycles. The number of nitrogens with one attached hydrogen (secondary N) is 1. The first-order valence-corrected chi connectivity index (χ1v) is 7.57. The molecule has 2 rings (SSSR count). The fourth-order valence-electron chi connectivity index (χ4n) is 2.04. The summed E-state index contributed by atoms with van der Waals surface area (Å²) in [6.07, 6.45) is -5.30. The third-order valence-corrected chi connectivity index (χ3v) is 3.21. The number of aryl methyl sites for hydroxylation is 1. The summed E-state index contributed by atoms with van der Waals surface area (Å²) in [5.41, 5.74) is 1.13. The summed E-state index contributed by atoms with van der Waals surface area (Å²) >= 11 is 0. The molecule has 25 heavy (non-hydrogen) atoms. The molecule has 0 radical (unpaired) electrons. The molecule has 0 saturated carbocycles. The summed E-state index contributed by atoms with van der Waals surface area (Å²) in [6, 6.07) is 13.1. The van der Waals surface area contributed by atoms with Gasteiger partial charge < -0.3 is 14.8 Å². The van der Waals surface area contributed by atoms with Crippen molar-refractivity contribution in [2.75, 3.05) is 11.9 Å². The van der Waals surface area contributed by atoms with Crippen molar-refractivity contribution in [3.63, 3.8) is 0 Å². The number of rotatable bonds is 6. The van der Waals surface area contributed by atoms with Crippen LogP contribution in [0.5, 0.6) is 11.5 Å². The van der Waals surface area contributed by atoms with Crippen LogP contribution < -0.4 is 14.8 Å². The second kappa shape index (κ2) is 7.92. The van der Waals surface area contributed by atoms with E-state index in [1.165, 1.54) is 18.2 Å². The maximum atomic E-state index is 12.3. The Kier molecular flexibility index (Phi) is 5.90. The first-order chi connectivity index (χ1) is 11.7. The molecule has 2 aromatic rings. The maximum Gasteiger partial charge on any atom is 0.422 e. The fourth-order valence-corrected chi connectivity index (χ4v) is 2.04. The van der Waals surface area contributed by atoms with Gasteiger partial charge in [0, 0.05) is 0 Å². The molecule has 1 atom stereocenters. The summed E-state index contributed by atoms with van der Waals surface area (Å²) in [4.78, 5) is 12.2. The van der Waals surface area contributed by atoms with Crippen LogP contribution in [0.2, 0.25) is 0 Å². The van der Waals surface area contributed by atoms with Crippen molar-refractivity contribution in [2.24, 2.45) is 0 Å². The van der Waals surface area contributed by atoms with Crippen molar-refractivity contribution in [3.05, 3.63) is 54.1 Å². The molecule has 7 heteroatoms. The van der Waals surface area contributed by atoms with Crippen LogP contribution in [0.25, 0.3) is 0 Å². The highest BCUT2D eigenvalue weighted by molar-refractivity contribution is 5.95. The Morgan fingerprint density at radius 1 is 1.16 bits per heavy atom. The zero-order valence-corrected chi connectivity index (χ0v) is 13.8. The number of carbonyl (C=O) groups excluding carboxylic acids is 1. The van der Waals surface area contributed by atoms with E-state index in [1.807, 2.05) is 13.0 Å². The van der Waals surface area contributed by atoms with Gasteiger partial charge in [-0.1, -0.05) is 24.3 Å². The third-order valence-electron chi connectivity index (χ3n) is 3.21. The van der Waals surface area contributed by atoms with Gasteiger partial charge in [0.05, 0.1) is 5.69 Å². The number of hydrogen-bond acceptors (Lipinski definition) is 3. The lowest BCUT2D eigenvalue weighted by molar-refractivity contribution is -0.153. The summed E-state index contributed by atoms with van der Waals surface area (Å²) in [6.45, 7) is 2.01. The van der Waals surface area contributed by atoms with E-state index in [4.69, 9.17) is 9.47 Å². The number of hydrogen-bond donors (Lipinski definition) is 1. The molecule has 1 amide bonds. The van der Waals surface area contributed by atoms with Gasteiger partial charge in [-0.15, -0.1) is 0 Å². The van der Waals surface area contributed by atoms with Gasteiger partial charge in [-0.05, 0) is 43.7 Å². The maximum absolute atomic E-state index is 12.3. The van der Waals surface area contributed by atoms with Gasteiger partial charge >= 0.3 is 6.18 Å². The van der Waals surface area contributed by atoms with E-state index in [9.17, 15) is 18.0 Å². The molecule has 1 N–H and O–H groups in total. The summed E-state index contributed by atoms with van der Waals surface area (Å²) in [5, 5.41) is 2.53. The molecule has 4 nitrogen and oxygen atoms in total. The molecule has 1 unspecified atom stereocenters. The van der Waals surface area contributed by atoms with Crippen LogP contribution in [-0.4, -0.2) is 24.8 Å². The monoisotopic (exact) mass is 353 g/mol. The van der Waals surface area contributed by atoms with Gasteiger partial charge in [-0.3, -0.25) is 4.79 Å². The van der Waals surface area contributed by atoms with Gasteiger partial charge in [0.2, 0.25) is 0 Å². The molecular weight excluding hydrogens is 335 g/mol. The van der Waals surface area contributed by atoms with Gasteiger partial charge in [0.25, 0.3) is 5.91 Å². The number of amides is 1. The fraction of sp³-hybridized carbons (Fsp3) is 0.278. The first kappa shape index (κ1) is 18.6. The van der Waals surface area contributed by atoms with Gasteiger partial charge in [0.15, 0.2) is 12.7 Å². The quantitative estimate of drug-likeness (QED) is 0.840. The van der Waals surface area contributed by atoms with Crippen LogP contribution in [0.3, 0.4) is 0 Å². The van der Waals surface area contributed by atoms with Crippen LogP contribution in [0, 0.1) is 6.92 Å². The molecule has 2 aromatic carbocycles. The van der Waals surface area contributed by atoms with Crippen LogP contribution in [0.4, 0.5) is 18.9 Å². The van der Waals surface area contributed by atoms with E-state index in [2.05, 4.69) is 5.32 Å². The second-order valence-corrected chi connectivity index (χ2v) is 5.47. The van der Waals surface area contributed by atoms with Gasteiger partial charge in [0.1, 0.15) is 11.5 Å². The zero-order valence-electron chi connectivity index (χ0n) is 13.8. The number of alkyl halides is 3. The summed E-state index contributed by atoms with van der Waals surface area (Å²) in [5.74, 6) is -0.0234. The van der Waals surface area contributed by atoms with Crippen molar-refractivity contribution in [1.82, 2.24) is 0 Å². The topological polar surface area (TPSA) is 47.6 Å². The van der Waals surface area contributed by atoms with Crippen molar-refractivity contribution in [1.29, 1.82) is 0 Å². The lowest BCUT2D eigenvalue weighted by Crippen LogP contribution is -2.30. The van der Waals surface area contributed by atoms with E-state index in [-0.39, 0.29) is 11.4 Å². The Bertz CT molecular complexity index is 732. The van der Waals surface area contributed by atoms with Crippen molar-refractivity contribution >= 4 is 11.6 Å². The molecule has 0 fully saturated rings. The molecule has 0 aliphatic carbocycles. The summed E-state index contributed by atoms with van der Waals surface area (Å²) < 4.78 is 47.2. The molecule has 0 saturated heterocycles. The predicted octanol–water partition coefficient (Wildman–Crippen LogP) is 4.34. The standard InChI is InChI=1S/C18H18F3NO3/c1-12-6-5-7-14(10-12)25-13(2)17(23)22-15-8-3-4-9-16(15)24-11-18(19,20)21/h3-10,13H,11H2,1-2H3,(H,22,23). The third kappa shape index (κ3) is 6.02. The number of anilines is 1. The number of carbonyl (C=O) groups is 1. The molecule has 134 valence electrons. The lowest BCUT2D eigenvalue weighted by atomic mass is 10.2. The molecular formula is C18H18F3NO3. The van der Waals surface area contributed by atoms with Crippen LogP contribution in [-0.2, 0) is 4.79 Å². The highest BCUT2D eigenvalue weighted by Gasteiger charge is 2.29. The van der Waals surface area contributed by atoms with Crippen LogP contribution in [0.15, 0.2) is 48.5 Å². The lowest BCUT2D eigenvalue weighted by Gasteiger charge is -2.17. The van der Waals surface area contributed by atoms with Crippen LogP contribution in [0.1, 0.15) is 12.5 Å². The number of benzene rings is 2. The number of para-hydroxylation sites is 2. The average molecular weight is 353 g/mol. The van der Waals surface area contributed by atoms with Crippen molar-refractivity contribution < 1.29 is 27.4 Å². The molecule has 0 aliphatic rings. The van der Waals surface area contributed by atoms with E-state index in [0.29, 0.717) is 5.75 Å². The Morgan fingerprint density at radius 2 is 1.88 bits per heavy atom. The average Bonchev–Trinajstić information content (AvgIpc) is 2.53. The highest BCUT2D eigenvalue weighted by atomic mass is 19.4. The minimum absolute atomic E-state index is 0.0593. The Balaban J connectivity index is 2.02. The number of ether oxygens (including phenoxy) is 2. The first-order valence-electron chi connectivity index (χ1n) is 7.57. The Labute approximate surface area is 143 Å². The normalized spacial score (nSPS) is 12.4. The molecule has 0 aliphatic heterocycles. The van der Waals surface area contributed by atoms with E-state index < -0.39 is 24.8 Å². The van der Waals surface area contributed by atoms with E-state index in [1.54, 1.807) is 31.2 Å². The van der Waals surface area contributed by atoms with Crippen LogP contribution >= 0.6 is 0 Å². The Hall–Kier alpha value is -2.70. The second-order valence-electron chi connectivity index (χ2n) is 5.47. The van der Waals surface area contributed by atoms with Crippen molar-refractivity contribution in [3.8, 4) is 11.5 Å². The molecule has 0 spiro atoms. The van der Waals surface area contributed by atoms with E-state index >= 15 is 0 Å². The highest BCUT2D eigenvalue weighted by Crippen LogP contribution is 2.26. The smallest absolute Gasteiger partial charge is 0.422 e. The zero-order chi connectivity index (χ0) is 18.4. The Morgan fingerprint density at radius 3 is 2.56 bits per heavy atom. The minimum Gasteiger partial charge on any atom is -0.482 e. The number of halogens is 3. The van der Waals surface area contributed by atoms with E-state index in [0.717, 1.165) is 5.56 Å². The summed E-state index contributed by atoms with van der Waals surface area (Å²) in [7, 11) is 0. The molecule has 0 bridgehead atoms.